The van der Waals surface area contributed by atoms with Crippen LogP contribution in [0.25, 0.3) is 5.69 Å². The molecule has 1 aromatic carbocycles. The number of rotatable bonds is 4. The van der Waals surface area contributed by atoms with E-state index in [1.165, 1.54) is 22.6 Å². The van der Waals surface area contributed by atoms with Crippen LogP contribution in [0.5, 0.6) is 0 Å². The number of benzene rings is 1. The SMILES string of the molecule is Cc1cc(CCNC(=O)N2CCOCC2)c(C)n1-c1ccccc1. The summed E-state index contributed by atoms with van der Waals surface area (Å²) < 4.78 is 7.54. The molecule has 1 aromatic heterocycles. The van der Waals surface area contributed by atoms with Gasteiger partial charge in [-0.15, -0.1) is 0 Å². The highest BCUT2D eigenvalue weighted by molar-refractivity contribution is 5.74. The fraction of sp³-hybridized carbons (Fsp3) is 0.421. The summed E-state index contributed by atoms with van der Waals surface area (Å²) in [4.78, 5) is 13.9. The third kappa shape index (κ3) is 3.62. The van der Waals surface area contributed by atoms with Crippen LogP contribution in [-0.2, 0) is 11.2 Å². The number of nitrogens with one attached hydrogen (secondary N) is 1. The minimum Gasteiger partial charge on any atom is -0.378 e. The van der Waals surface area contributed by atoms with E-state index in [0.717, 1.165) is 6.42 Å². The Balaban J connectivity index is 1.61. The van der Waals surface area contributed by atoms with E-state index < -0.39 is 0 Å². The molecule has 0 bridgehead atoms. The largest absolute Gasteiger partial charge is 0.378 e. The highest BCUT2D eigenvalue weighted by Crippen LogP contribution is 2.20. The van der Waals surface area contributed by atoms with Crippen molar-refractivity contribution in [3.8, 4) is 5.69 Å². The van der Waals surface area contributed by atoms with Gasteiger partial charge in [0.2, 0.25) is 0 Å². The molecule has 1 fully saturated rings. The Morgan fingerprint density at radius 3 is 2.58 bits per heavy atom. The van der Waals surface area contributed by atoms with Gasteiger partial charge in [-0.3, -0.25) is 0 Å². The number of nitrogens with zero attached hydrogens (tertiary/aromatic N) is 2. The molecule has 0 saturated carbocycles. The number of para-hydroxylation sites is 1. The minimum atomic E-state index is 0.00941. The predicted molar refractivity (Wildman–Crippen MR) is 94.7 cm³/mol. The van der Waals surface area contributed by atoms with Crippen molar-refractivity contribution in [2.24, 2.45) is 0 Å². The predicted octanol–water partition coefficient (Wildman–Crippen LogP) is 2.68. The first-order chi connectivity index (χ1) is 11.7. The zero-order valence-corrected chi connectivity index (χ0v) is 14.4. The van der Waals surface area contributed by atoms with Crippen molar-refractivity contribution < 1.29 is 9.53 Å². The maximum Gasteiger partial charge on any atom is 0.317 e. The fourth-order valence-electron chi connectivity index (χ4n) is 3.24. The first-order valence-electron chi connectivity index (χ1n) is 8.50. The molecule has 2 amide bonds. The Hall–Kier alpha value is -2.27. The van der Waals surface area contributed by atoms with Gasteiger partial charge >= 0.3 is 6.03 Å². The van der Waals surface area contributed by atoms with Gasteiger partial charge in [0.25, 0.3) is 0 Å². The maximum atomic E-state index is 12.1. The summed E-state index contributed by atoms with van der Waals surface area (Å²) in [5.41, 5.74) is 4.90. The Labute approximate surface area is 143 Å². The molecule has 2 heterocycles. The number of hydrogen-bond acceptors (Lipinski definition) is 2. The number of ether oxygens (including phenoxy) is 1. The zero-order valence-electron chi connectivity index (χ0n) is 14.4. The fourth-order valence-corrected chi connectivity index (χ4v) is 3.24. The van der Waals surface area contributed by atoms with Crippen molar-refractivity contribution in [2.45, 2.75) is 20.3 Å². The van der Waals surface area contributed by atoms with Gasteiger partial charge in [0.15, 0.2) is 0 Å². The molecular formula is C19H25N3O2. The molecule has 0 spiro atoms. The minimum absolute atomic E-state index is 0.00941. The van der Waals surface area contributed by atoms with Crippen LogP contribution in [-0.4, -0.2) is 48.3 Å². The Kier molecular flexibility index (Phi) is 5.20. The standard InChI is InChI=1S/C19H25N3O2/c1-15-14-17(16(2)22(15)18-6-4-3-5-7-18)8-9-20-19(23)21-10-12-24-13-11-21/h3-7,14H,8-13H2,1-2H3,(H,20,23). The third-order valence-electron chi connectivity index (χ3n) is 4.52. The molecule has 1 N–H and O–H groups in total. The summed E-state index contributed by atoms with van der Waals surface area (Å²) in [5.74, 6) is 0. The van der Waals surface area contributed by atoms with Gasteiger partial charge in [0.05, 0.1) is 13.2 Å². The summed E-state index contributed by atoms with van der Waals surface area (Å²) in [6.45, 7) is 7.52. The van der Waals surface area contributed by atoms with E-state index in [4.69, 9.17) is 4.74 Å². The molecule has 3 rings (SSSR count). The summed E-state index contributed by atoms with van der Waals surface area (Å²) in [5, 5.41) is 3.02. The monoisotopic (exact) mass is 327 g/mol. The van der Waals surface area contributed by atoms with E-state index in [-0.39, 0.29) is 6.03 Å². The molecule has 128 valence electrons. The second kappa shape index (κ2) is 7.53. The van der Waals surface area contributed by atoms with E-state index in [2.05, 4.69) is 54.1 Å². The van der Waals surface area contributed by atoms with Gasteiger partial charge in [-0.05, 0) is 44.0 Å². The zero-order chi connectivity index (χ0) is 16.9. The summed E-state index contributed by atoms with van der Waals surface area (Å²) in [7, 11) is 0. The number of hydrogen-bond donors (Lipinski definition) is 1. The molecule has 2 aromatic rings. The Morgan fingerprint density at radius 1 is 1.17 bits per heavy atom. The molecule has 1 saturated heterocycles. The van der Waals surface area contributed by atoms with Crippen molar-refractivity contribution in [2.75, 3.05) is 32.8 Å². The molecule has 0 atom stereocenters. The number of aryl methyl sites for hydroxylation is 1. The van der Waals surface area contributed by atoms with Gasteiger partial charge in [-0.2, -0.15) is 0 Å². The van der Waals surface area contributed by atoms with Crippen LogP contribution in [0.1, 0.15) is 17.0 Å². The van der Waals surface area contributed by atoms with Crippen LogP contribution in [0.15, 0.2) is 36.4 Å². The summed E-state index contributed by atoms with van der Waals surface area (Å²) in [6.07, 6.45) is 0.836. The van der Waals surface area contributed by atoms with E-state index in [0.29, 0.717) is 32.8 Å². The lowest BCUT2D eigenvalue weighted by Gasteiger charge is -2.26. The highest BCUT2D eigenvalue weighted by Gasteiger charge is 2.16. The van der Waals surface area contributed by atoms with Crippen molar-refractivity contribution in [3.05, 3.63) is 53.3 Å². The van der Waals surface area contributed by atoms with E-state index >= 15 is 0 Å². The van der Waals surface area contributed by atoms with Crippen LogP contribution >= 0.6 is 0 Å². The van der Waals surface area contributed by atoms with Crippen LogP contribution < -0.4 is 5.32 Å². The van der Waals surface area contributed by atoms with Crippen molar-refractivity contribution in [1.29, 1.82) is 0 Å². The summed E-state index contributed by atoms with van der Waals surface area (Å²) >= 11 is 0. The Bertz CT molecular complexity index is 688. The van der Waals surface area contributed by atoms with Crippen molar-refractivity contribution in [3.63, 3.8) is 0 Å². The molecule has 1 aliphatic heterocycles. The molecular weight excluding hydrogens is 302 g/mol. The van der Waals surface area contributed by atoms with E-state index in [9.17, 15) is 4.79 Å². The third-order valence-corrected chi connectivity index (χ3v) is 4.52. The molecule has 5 heteroatoms. The van der Waals surface area contributed by atoms with Gasteiger partial charge in [0.1, 0.15) is 0 Å². The smallest absolute Gasteiger partial charge is 0.317 e. The molecule has 0 radical (unpaired) electrons. The number of carbonyl (C=O) groups is 1. The normalized spacial score (nSPS) is 14.7. The summed E-state index contributed by atoms with van der Waals surface area (Å²) in [6, 6.07) is 12.6. The van der Waals surface area contributed by atoms with Crippen molar-refractivity contribution >= 4 is 6.03 Å². The molecule has 0 unspecified atom stereocenters. The van der Waals surface area contributed by atoms with Gasteiger partial charge < -0.3 is 19.5 Å². The number of aromatic nitrogens is 1. The lowest BCUT2D eigenvalue weighted by Crippen LogP contribution is -2.46. The topological polar surface area (TPSA) is 46.5 Å². The van der Waals surface area contributed by atoms with Gasteiger partial charge in [0, 0.05) is 36.7 Å². The van der Waals surface area contributed by atoms with Crippen molar-refractivity contribution in [1.82, 2.24) is 14.8 Å². The molecule has 0 aliphatic carbocycles. The molecule has 5 nitrogen and oxygen atoms in total. The first kappa shape index (κ1) is 16.6. The first-order valence-corrected chi connectivity index (χ1v) is 8.50. The second-order valence-corrected chi connectivity index (χ2v) is 6.15. The van der Waals surface area contributed by atoms with E-state index in [1.54, 1.807) is 0 Å². The lowest BCUT2D eigenvalue weighted by molar-refractivity contribution is 0.0533. The van der Waals surface area contributed by atoms with E-state index in [1.807, 2.05) is 11.0 Å². The van der Waals surface area contributed by atoms with Crippen LogP contribution in [0.2, 0.25) is 0 Å². The number of amides is 2. The van der Waals surface area contributed by atoms with Gasteiger partial charge in [-0.1, -0.05) is 18.2 Å². The average Bonchev–Trinajstić information content (AvgIpc) is 2.90. The van der Waals surface area contributed by atoms with Crippen LogP contribution in [0.4, 0.5) is 4.79 Å². The van der Waals surface area contributed by atoms with Crippen LogP contribution in [0.3, 0.4) is 0 Å². The highest BCUT2D eigenvalue weighted by atomic mass is 16.5. The van der Waals surface area contributed by atoms with Gasteiger partial charge in [-0.25, -0.2) is 4.79 Å². The van der Waals surface area contributed by atoms with Crippen LogP contribution in [0, 0.1) is 13.8 Å². The number of urea groups is 1. The molecule has 24 heavy (non-hydrogen) atoms. The number of carbonyl (C=O) groups excluding carboxylic acids is 1. The maximum absolute atomic E-state index is 12.1. The second-order valence-electron chi connectivity index (χ2n) is 6.15. The number of morpholine rings is 1. The Morgan fingerprint density at radius 2 is 1.88 bits per heavy atom. The average molecular weight is 327 g/mol. The lowest BCUT2D eigenvalue weighted by atomic mass is 10.2. The quantitative estimate of drug-likeness (QED) is 0.938. The molecule has 1 aliphatic rings.